The highest BCUT2D eigenvalue weighted by molar-refractivity contribution is 5.93. The largest absolute Gasteiger partial charge is 0.487 e. The molecule has 0 saturated carbocycles. The molecular formula is C35H36N6O4. The van der Waals surface area contributed by atoms with Gasteiger partial charge < -0.3 is 29.7 Å². The summed E-state index contributed by atoms with van der Waals surface area (Å²) in [5.74, 6) is 1.83. The van der Waals surface area contributed by atoms with Gasteiger partial charge in [-0.05, 0) is 47.9 Å². The predicted octanol–water partition coefficient (Wildman–Crippen LogP) is 5.84. The van der Waals surface area contributed by atoms with Crippen LogP contribution in [0.2, 0.25) is 0 Å². The van der Waals surface area contributed by atoms with E-state index in [0.717, 1.165) is 40.0 Å². The molecule has 1 aromatic heterocycles. The number of fused-ring (bicyclic) bond motifs is 1. The van der Waals surface area contributed by atoms with Crippen LogP contribution in [0.25, 0.3) is 16.6 Å². The van der Waals surface area contributed by atoms with E-state index in [2.05, 4.69) is 86.9 Å². The highest BCUT2D eigenvalue weighted by atomic mass is 16.5. The minimum atomic E-state index is 0.381. The summed E-state index contributed by atoms with van der Waals surface area (Å²) in [5, 5.41) is 6.24. The molecule has 0 fully saturated rings. The number of methoxy groups -OCH3 is 2. The molecule has 0 spiro atoms. The lowest BCUT2D eigenvalue weighted by molar-refractivity contribution is 0.132. The van der Waals surface area contributed by atoms with Crippen LogP contribution in [-0.2, 0) is 15.9 Å². The average Bonchev–Trinajstić information content (AvgIpc) is 3.57. The Morgan fingerprint density at radius 3 is 2.22 bits per heavy atom. The van der Waals surface area contributed by atoms with E-state index in [1.54, 1.807) is 14.2 Å². The SMILES string of the molecule is COCCOc1cc2ncnc(Nc3cccc(C4=CN(c5ccc(Cc6ccccc6)cc5)NN4)c3)c2cc1OCCOC. The maximum Gasteiger partial charge on any atom is 0.163 e. The van der Waals surface area contributed by atoms with Crippen molar-refractivity contribution < 1.29 is 18.9 Å². The number of aromatic nitrogens is 2. The van der Waals surface area contributed by atoms with Crippen molar-refractivity contribution in [2.24, 2.45) is 0 Å². The highest BCUT2D eigenvalue weighted by Gasteiger charge is 2.16. The number of rotatable bonds is 14. The second-order valence-electron chi connectivity index (χ2n) is 10.4. The normalized spacial score (nSPS) is 12.6. The Hall–Kier alpha value is -5.16. The Morgan fingerprint density at radius 2 is 1.47 bits per heavy atom. The van der Waals surface area contributed by atoms with Crippen LogP contribution >= 0.6 is 0 Å². The van der Waals surface area contributed by atoms with E-state index >= 15 is 0 Å². The molecule has 5 aromatic rings. The number of anilines is 3. The van der Waals surface area contributed by atoms with Crippen molar-refractivity contribution in [3.63, 3.8) is 0 Å². The van der Waals surface area contributed by atoms with Gasteiger partial charge in [-0.15, -0.1) is 5.53 Å². The number of hydrazine groups is 2. The highest BCUT2D eigenvalue weighted by Crippen LogP contribution is 2.35. The fourth-order valence-electron chi connectivity index (χ4n) is 4.97. The first-order chi connectivity index (χ1) is 22.2. The molecule has 10 heteroatoms. The van der Waals surface area contributed by atoms with Gasteiger partial charge in [0.05, 0.1) is 30.1 Å². The van der Waals surface area contributed by atoms with Crippen LogP contribution in [0.15, 0.2) is 104 Å². The van der Waals surface area contributed by atoms with Crippen LogP contribution in [-0.4, -0.2) is 50.6 Å². The lowest BCUT2D eigenvalue weighted by atomic mass is 10.0. The molecule has 3 N–H and O–H groups in total. The average molecular weight is 605 g/mol. The van der Waals surface area contributed by atoms with Crippen LogP contribution in [0.3, 0.4) is 0 Å². The quantitative estimate of drug-likeness (QED) is 0.134. The molecule has 0 radical (unpaired) electrons. The topological polar surface area (TPSA) is 102 Å². The van der Waals surface area contributed by atoms with Crippen LogP contribution in [0, 0.1) is 0 Å². The van der Waals surface area contributed by atoms with Crippen molar-refractivity contribution in [1.82, 2.24) is 20.9 Å². The van der Waals surface area contributed by atoms with Gasteiger partial charge >= 0.3 is 0 Å². The fourth-order valence-corrected chi connectivity index (χ4v) is 4.97. The van der Waals surface area contributed by atoms with E-state index in [1.807, 2.05) is 41.5 Å². The lowest BCUT2D eigenvalue weighted by Crippen LogP contribution is -2.36. The van der Waals surface area contributed by atoms with E-state index in [4.69, 9.17) is 18.9 Å². The van der Waals surface area contributed by atoms with Crippen LogP contribution in [0.4, 0.5) is 17.2 Å². The molecule has 0 saturated heterocycles. The summed E-state index contributed by atoms with van der Waals surface area (Å²) in [7, 11) is 3.27. The van der Waals surface area contributed by atoms with Gasteiger partial charge in [0.25, 0.3) is 0 Å². The first-order valence-corrected chi connectivity index (χ1v) is 14.8. The predicted molar refractivity (Wildman–Crippen MR) is 176 cm³/mol. The summed E-state index contributed by atoms with van der Waals surface area (Å²) >= 11 is 0. The number of ether oxygens (including phenoxy) is 4. The van der Waals surface area contributed by atoms with Gasteiger partial charge in [0.15, 0.2) is 11.5 Å². The zero-order chi connectivity index (χ0) is 30.8. The number of nitrogens with one attached hydrogen (secondary N) is 3. The van der Waals surface area contributed by atoms with Crippen molar-refractivity contribution in [3.05, 3.63) is 120 Å². The second-order valence-corrected chi connectivity index (χ2v) is 10.4. The van der Waals surface area contributed by atoms with Crippen molar-refractivity contribution in [2.45, 2.75) is 6.42 Å². The summed E-state index contributed by atoms with van der Waals surface area (Å²) in [6.07, 6.45) is 4.48. The molecule has 0 amide bonds. The maximum atomic E-state index is 5.99. The Morgan fingerprint density at radius 1 is 0.733 bits per heavy atom. The van der Waals surface area contributed by atoms with Gasteiger partial charge in [-0.2, -0.15) is 0 Å². The molecule has 0 aliphatic carbocycles. The number of hydrogen-bond donors (Lipinski definition) is 3. The molecule has 4 aromatic carbocycles. The van der Waals surface area contributed by atoms with Gasteiger partial charge in [0.1, 0.15) is 25.4 Å². The Labute approximate surface area is 262 Å². The monoisotopic (exact) mass is 604 g/mol. The van der Waals surface area contributed by atoms with E-state index in [-0.39, 0.29) is 0 Å². The smallest absolute Gasteiger partial charge is 0.163 e. The van der Waals surface area contributed by atoms with Gasteiger partial charge in [0, 0.05) is 43.1 Å². The van der Waals surface area contributed by atoms with Crippen molar-refractivity contribution >= 4 is 33.8 Å². The Bertz CT molecular complexity index is 1750. The third kappa shape index (κ3) is 7.50. The maximum absolute atomic E-state index is 5.99. The lowest BCUT2D eigenvalue weighted by Gasteiger charge is -2.15. The van der Waals surface area contributed by atoms with E-state index in [9.17, 15) is 0 Å². The zero-order valence-electron chi connectivity index (χ0n) is 25.3. The summed E-state index contributed by atoms with van der Waals surface area (Å²) < 4.78 is 22.2. The first kappa shape index (κ1) is 29.9. The minimum Gasteiger partial charge on any atom is -0.487 e. The summed E-state index contributed by atoms with van der Waals surface area (Å²) in [4.78, 5) is 9.02. The summed E-state index contributed by atoms with van der Waals surface area (Å²) in [5.41, 5.74) is 13.7. The third-order valence-electron chi connectivity index (χ3n) is 7.26. The molecule has 2 heterocycles. The second kappa shape index (κ2) is 14.5. The molecule has 10 nitrogen and oxygen atoms in total. The van der Waals surface area contributed by atoms with E-state index in [1.165, 1.54) is 17.5 Å². The van der Waals surface area contributed by atoms with E-state index < -0.39 is 0 Å². The van der Waals surface area contributed by atoms with Gasteiger partial charge in [0.2, 0.25) is 0 Å². The van der Waals surface area contributed by atoms with Crippen molar-refractivity contribution in [2.75, 3.05) is 51.0 Å². The first-order valence-electron chi connectivity index (χ1n) is 14.8. The molecule has 0 atom stereocenters. The van der Waals surface area contributed by atoms with E-state index in [0.29, 0.717) is 43.7 Å². The molecule has 45 heavy (non-hydrogen) atoms. The van der Waals surface area contributed by atoms with Gasteiger partial charge in [-0.25, -0.2) is 9.97 Å². The summed E-state index contributed by atoms with van der Waals surface area (Å²) in [6, 6.07) is 30.9. The number of benzene rings is 4. The van der Waals surface area contributed by atoms with Crippen molar-refractivity contribution in [3.8, 4) is 11.5 Å². The van der Waals surface area contributed by atoms with Crippen molar-refractivity contribution in [1.29, 1.82) is 0 Å². The Balaban J connectivity index is 1.19. The zero-order valence-corrected chi connectivity index (χ0v) is 25.3. The van der Waals surface area contributed by atoms with Crippen LogP contribution in [0.5, 0.6) is 11.5 Å². The van der Waals surface area contributed by atoms with Crippen LogP contribution < -0.4 is 30.8 Å². The minimum absolute atomic E-state index is 0.381. The molecular weight excluding hydrogens is 568 g/mol. The summed E-state index contributed by atoms with van der Waals surface area (Å²) in [6.45, 7) is 1.68. The fraction of sp³-hybridized carbons (Fsp3) is 0.200. The van der Waals surface area contributed by atoms with Gasteiger partial charge in [-0.3, -0.25) is 5.01 Å². The number of nitrogens with zero attached hydrogens (tertiary/aromatic N) is 3. The Kier molecular flexibility index (Phi) is 9.66. The molecule has 6 rings (SSSR count). The van der Waals surface area contributed by atoms with Crippen LogP contribution in [0.1, 0.15) is 16.7 Å². The molecule has 0 unspecified atom stereocenters. The third-order valence-corrected chi connectivity index (χ3v) is 7.26. The molecule has 0 bridgehead atoms. The molecule has 1 aliphatic heterocycles. The van der Waals surface area contributed by atoms with Gasteiger partial charge in [-0.1, -0.05) is 54.6 Å². The number of hydrogen-bond acceptors (Lipinski definition) is 10. The standard InChI is InChI=1S/C35H36N6O4/c1-42-15-17-44-33-21-30-31(22-34(33)45-18-16-43-2)36-24-37-35(30)38-28-10-6-9-27(20-28)32-23-41(40-39-32)29-13-11-26(12-14-29)19-25-7-4-3-5-8-25/h3-14,20-24,39-40H,15-19H2,1-2H3,(H,36,37,38). The molecule has 230 valence electrons. The molecule has 1 aliphatic rings.